The topological polar surface area (TPSA) is 109 Å². The Labute approximate surface area is 169 Å². The molecule has 3 heterocycles. The summed E-state index contributed by atoms with van der Waals surface area (Å²) in [7, 11) is 0. The Bertz CT molecular complexity index is 1170. The maximum atomic E-state index is 11.9. The molecule has 0 saturated heterocycles. The molecule has 7 nitrogen and oxygen atoms in total. The Morgan fingerprint density at radius 1 is 1.24 bits per heavy atom. The monoisotopic (exact) mass is 403 g/mol. The van der Waals surface area contributed by atoms with Gasteiger partial charge in [0.15, 0.2) is 0 Å². The molecule has 4 rings (SSSR count). The second-order valence-electron chi connectivity index (χ2n) is 5.91. The molecule has 29 heavy (non-hydrogen) atoms. The molecule has 3 aromatic heterocycles. The largest absolute Gasteiger partial charge is 0.478 e. The first kappa shape index (κ1) is 18.4. The van der Waals surface area contributed by atoms with Crippen LogP contribution in [0.5, 0.6) is 5.88 Å². The highest BCUT2D eigenvalue weighted by atomic mass is 32.1. The molecule has 4 aromatic rings. The highest BCUT2D eigenvalue weighted by Crippen LogP contribution is 2.36. The standard InChI is InChI=1S/C21H13N3O4S/c22-12-15-14(17-7-4-9-27-17)11-16(20-23-8-10-29-20)24-19(15)28-18(21(25)26)13-5-2-1-3-6-13/h1-11,18H,(H,25,26). The number of aromatic nitrogens is 2. The predicted octanol–water partition coefficient (Wildman–Crippen LogP) is 4.54. The minimum Gasteiger partial charge on any atom is -0.478 e. The Hall–Kier alpha value is -3.96. The smallest absolute Gasteiger partial charge is 0.349 e. The van der Waals surface area contributed by atoms with E-state index in [1.54, 1.807) is 60.1 Å². The number of nitriles is 1. The molecule has 0 spiro atoms. The number of aliphatic carboxylic acids is 1. The SMILES string of the molecule is N#Cc1c(-c2ccco2)cc(-c2nccs2)nc1OC(C(=O)O)c1ccccc1. The lowest BCUT2D eigenvalue weighted by Crippen LogP contribution is -2.19. The molecule has 0 amide bonds. The average molecular weight is 403 g/mol. The van der Waals surface area contributed by atoms with Gasteiger partial charge in [-0.15, -0.1) is 11.3 Å². The minimum atomic E-state index is -1.33. The van der Waals surface area contributed by atoms with Crippen LogP contribution in [0.25, 0.3) is 22.0 Å². The van der Waals surface area contributed by atoms with Crippen LogP contribution in [0.2, 0.25) is 0 Å². The van der Waals surface area contributed by atoms with Crippen molar-refractivity contribution < 1.29 is 19.1 Å². The molecular formula is C21H13N3O4S. The van der Waals surface area contributed by atoms with Crippen LogP contribution in [-0.4, -0.2) is 21.0 Å². The number of carboxylic acids is 1. The maximum Gasteiger partial charge on any atom is 0.349 e. The van der Waals surface area contributed by atoms with Crippen LogP contribution in [0.4, 0.5) is 0 Å². The van der Waals surface area contributed by atoms with Gasteiger partial charge in [-0.1, -0.05) is 30.3 Å². The number of thiazole rings is 1. The molecule has 1 atom stereocenters. The molecule has 0 radical (unpaired) electrons. The first-order valence-corrected chi connectivity index (χ1v) is 9.38. The first-order chi connectivity index (χ1) is 14.2. The summed E-state index contributed by atoms with van der Waals surface area (Å²) < 4.78 is 11.2. The van der Waals surface area contributed by atoms with E-state index < -0.39 is 12.1 Å². The van der Waals surface area contributed by atoms with E-state index in [-0.39, 0.29) is 11.4 Å². The number of ether oxygens (including phenoxy) is 1. The van der Waals surface area contributed by atoms with Crippen molar-refractivity contribution in [1.82, 2.24) is 9.97 Å². The van der Waals surface area contributed by atoms with Crippen LogP contribution in [0.3, 0.4) is 0 Å². The fourth-order valence-electron chi connectivity index (χ4n) is 2.80. The number of hydrogen-bond donors (Lipinski definition) is 1. The van der Waals surface area contributed by atoms with Crippen LogP contribution in [0.15, 0.2) is 70.8 Å². The maximum absolute atomic E-state index is 11.9. The number of hydrogen-bond acceptors (Lipinski definition) is 7. The van der Waals surface area contributed by atoms with Crippen LogP contribution < -0.4 is 4.74 Å². The normalized spacial score (nSPS) is 11.6. The van der Waals surface area contributed by atoms with E-state index >= 15 is 0 Å². The van der Waals surface area contributed by atoms with E-state index in [0.717, 1.165) is 0 Å². The van der Waals surface area contributed by atoms with Crippen LogP contribution in [0.1, 0.15) is 17.2 Å². The zero-order valence-electron chi connectivity index (χ0n) is 14.9. The highest BCUT2D eigenvalue weighted by Gasteiger charge is 2.26. The van der Waals surface area contributed by atoms with Crippen molar-refractivity contribution in [3.05, 3.63) is 77.5 Å². The Morgan fingerprint density at radius 2 is 2.07 bits per heavy atom. The molecule has 0 aliphatic heterocycles. The van der Waals surface area contributed by atoms with E-state index in [1.807, 2.05) is 0 Å². The average Bonchev–Trinajstić information content (AvgIpc) is 3.46. The molecule has 0 saturated carbocycles. The van der Waals surface area contributed by atoms with Crippen molar-refractivity contribution in [2.24, 2.45) is 0 Å². The van der Waals surface area contributed by atoms with Crippen molar-refractivity contribution in [2.75, 3.05) is 0 Å². The number of pyridine rings is 1. The van der Waals surface area contributed by atoms with E-state index in [2.05, 4.69) is 16.0 Å². The van der Waals surface area contributed by atoms with Crippen molar-refractivity contribution in [2.45, 2.75) is 6.10 Å². The Balaban J connectivity index is 1.87. The van der Waals surface area contributed by atoms with E-state index in [1.165, 1.54) is 17.6 Å². The lowest BCUT2D eigenvalue weighted by atomic mass is 10.1. The van der Waals surface area contributed by atoms with Gasteiger partial charge in [0.2, 0.25) is 12.0 Å². The molecule has 1 aromatic carbocycles. The summed E-state index contributed by atoms with van der Waals surface area (Å²) in [5.41, 5.74) is 1.43. The summed E-state index contributed by atoms with van der Waals surface area (Å²) in [5.74, 6) is -0.845. The number of carboxylic acid groups (broad SMARTS) is 1. The van der Waals surface area contributed by atoms with Gasteiger partial charge in [-0.2, -0.15) is 5.26 Å². The van der Waals surface area contributed by atoms with Gasteiger partial charge in [0.25, 0.3) is 0 Å². The van der Waals surface area contributed by atoms with Crippen molar-refractivity contribution >= 4 is 17.3 Å². The fraction of sp³-hybridized carbons (Fsp3) is 0.0476. The fourth-order valence-corrected chi connectivity index (χ4v) is 3.40. The summed E-state index contributed by atoms with van der Waals surface area (Å²) in [5, 5.41) is 21.9. The van der Waals surface area contributed by atoms with Crippen LogP contribution in [-0.2, 0) is 4.79 Å². The highest BCUT2D eigenvalue weighted by molar-refractivity contribution is 7.13. The predicted molar refractivity (Wildman–Crippen MR) is 105 cm³/mol. The molecule has 0 aliphatic carbocycles. The second-order valence-corrected chi connectivity index (χ2v) is 6.80. The van der Waals surface area contributed by atoms with Crippen molar-refractivity contribution in [3.8, 4) is 34.0 Å². The molecule has 0 aliphatic rings. The van der Waals surface area contributed by atoms with Crippen molar-refractivity contribution in [3.63, 3.8) is 0 Å². The number of furan rings is 1. The van der Waals surface area contributed by atoms with Gasteiger partial charge in [-0.05, 0) is 18.2 Å². The molecule has 1 N–H and O–H groups in total. The number of rotatable bonds is 6. The molecular weight excluding hydrogens is 390 g/mol. The summed E-state index contributed by atoms with van der Waals surface area (Å²) in [6, 6.07) is 15.6. The number of benzene rings is 1. The number of nitrogens with zero attached hydrogens (tertiary/aromatic N) is 3. The zero-order valence-corrected chi connectivity index (χ0v) is 15.7. The third-order valence-corrected chi connectivity index (χ3v) is 4.89. The van der Waals surface area contributed by atoms with E-state index in [0.29, 0.717) is 27.6 Å². The zero-order chi connectivity index (χ0) is 20.2. The Kier molecular flexibility index (Phi) is 5.05. The summed E-state index contributed by atoms with van der Waals surface area (Å²) in [6.07, 6.45) is 1.80. The van der Waals surface area contributed by atoms with Crippen LogP contribution >= 0.6 is 11.3 Å². The minimum absolute atomic E-state index is 0.0856. The number of carbonyl (C=O) groups is 1. The quantitative estimate of drug-likeness (QED) is 0.503. The van der Waals surface area contributed by atoms with Gasteiger partial charge >= 0.3 is 5.97 Å². The molecule has 0 bridgehead atoms. The summed E-state index contributed by atoms with van der Waals surface area (Å²) >= 11 is 1.37. The summed E-state index contributed by atoms with van der Waals surface area (Å²) in [4.78, 5) is 20.5. The van der Waals surface area contributed by atoms with Gasteiger partial charge in [0.1, 0.15) is 28.1 Å². The lowest BCUT2D eigenvalue weighted by Gasteiger charge is -2.17. The third kappa shape index (κ3) is 3.72. The lowest BCUT2D eigenvalue weighted by molar-refractivity contribution is -0.145. The van der Waals surface area contributed by atoms with Gasteiger partial charge in [-0.25, -0.2) is 14.8 Å². The van der Waals surface area contributed by atoms with Crippen LogP contribution in [0, 0.1) is 11.3 Å². The molecule has 1 unspecified atom stereocenters. The third-order valence-electron chi connectivity index (χ3n) is 4.09. The first-order valence-electron chi connectivity index (χ1n) is 8.50. The molecule has 8 heteroatoms. The second kappa shape index (κ2) is 7.96. The summed E-state index contributed by atoms with van der Waals surface area (Å²) in [6.45, 7) is 0. The van der Waals surface area contributed by atoms with Gasteiger partial charge < -0.3 is 14.3 Å². The Morgan fingerprint density at radius 3 is 2.69 bits per heavy atom. The van der Waals surface area contributed by atoms with Gasteiger partial charge in [0.05, 0.1) is 6.26 Å². The van der Waals surface area contributed by atoms with Gasteiger partial charge in [0, 0.05) is 22.7 Å². The molecule has 0 fully saturated rings. The molecule has 142 valence electrons. The van der Waals surface area contributed by atoms with E-state index in [9.17, 15) is 15.2 Å². The van der Waals surface area contributed by atoms with E-state index in [4.69, 9.17) is 9.15 Å². The van der Waals surface area contributed by atoms with Gasteiger partial charge in [-0.3, -0.25) is 0 Å². The van der Waals surface area contributed by atoms with Crippen molar-refractivity contribution in [1.29, 1.82) is 5.26 Å².